The minimum atomic E-state index is -4.55. The number of pyridine rings is 1. The van der Waals surface area contributed by atoms with Gasteiger partial charge in [0.1, 0.15) is 21.3 Å². The molecule has 21 heavy (non-hydrogen) atoms. The van der Waals surface area contributed by atoms with Crippen molar-refractivity contribution in [3.05, 3.63) is 17.8 Å². The number of anilines is 2. The molecule has 0 aliphatic heterocycles. The van der Waals surface area contributed by atoms with Crippen LogP contribution < -0.4 is 11.1 Å². The second-order valence-electron chi connectivity index (χ2n) is 4.58. The lowest BCUT2D eigenvalue weighted by Gasteiger charge is -2.11. The fourth-order valence-corrected chi connectivity index (χ4v) is 2.36. The lowest BCUT2D eigenvalue weighted by atomic mass is 10.1. The number of H-pyrrole nitrogens is 1. The van der Waals surface area contributed by atoms with Gasteiger partial charge in [-0.25, -0.2) is 13.4 Å². The molecule has 2 aromatic heterocycles. The van der Waals surface area contributed by atoms with E-state index in [1.165, 1.54) is 6.07 Å². The van der Waals surface area contributed by atoms with Crippen LogP contribution >= 0.6 is 0 Å². The molecular formula is C11H13F3N4O2S. The maximum atomic E-state index is 12.9. The van der Waals surface area contributed by atoms with E-state index in [4.69, 9.17) is 5.73 Å². The highest BCUT2D eigenvalue weighted by molar-refractivity contribution is 7.90. The van der Waals surface area contributed by atoms with Gasteiger partial charge in [0.15, 0.2) is 0 Å². The van der Waals surface area contributed by atoms with Crippen LogP contribution in [0.25, 0.3) is 11.0 Å². The van der Waals surface area contributed by atoms with Gasteiger partial charge in [-0.2, -0.15) is 13.2 Å². The van der Waals surface area contributed by atoms with Gasteiger partial charge in [0, 0.05) is 30.8 Å². The van der Waals surface area contributed by atoms with Gasteiger partial charge in [-0.05, 0) is 0 Å². The highest BCUT2D eigenvalue weighted by Gasteiger charge is 2.35. The molecule has 0 unspecified atom stereocenters. The van der Waals surface area contributed by atoms with Gasteiger partial charge in [-0.1, -0.05) is 0 Å². The van der Waals surface area contributed by atoms with E-state index in [1.54, 1.807) is 0 Å². The Labute approximate surface area is 118 Å². The van der Waals surface area contributed by atoms with Crippen LogP contribution in [0.2, 0.25) is 0 Å². The molecule has 0 amide bonds. The standard InChI is InChI=1S/C11H13F3N4O2S/c1-21(19,20)3-2-16-7-4-8(15)18-10-9(7)6(5-17-10)11(12,13)14/h4-5H,2-3H2,1H3,(H4,15,16,17,18). The fraction of sp³-hybridized carbons (Fsp3) is 0.364. The summed E-state index contributed by atoms with van der Waals surface area (Å²) in [4.78, 5) is 6.20. The van der Waals surface area contributed by atoms with E-state index in [1.807, 2.05) is 0 Å². The lowest BCUT2D eigenvalue weighted by molar-refractivity contribution is -0.136. The summed E-state index contributed by atoms with van der Waals surface area (Å²) in [7, 11) is -3.22. The monoisotopic (exact) mass is 322 g/mol. The third-order valence-corrected chi connectivity index (χ3v) is 3.70. The van der Waals surface area contributed by atoms with Crippen LogP contribution in [-0.4, -0.2) is 36.9 Å². The van der Waals surface area contributed by atoms with Crippen LogP contribution in [0.1, 0.15) is 5.56 Å². The molecule has 0 saturated carbocycles. The number of nitrogen functional groups attached to an aromatic ring is 1. The van der Waals surface area contributed by atoms with E-state index in [-0.39, 0.29) is 34.8 Å². The van der Waals surface area contributed by atoms with Gasteiger partial charge in [0.05, 0.1) is 16.7 Å². The topological polar surface area (TPSA) is 101 Å². The number of hydrogen-bond acceptors (Lipinski definition) is 5. The molecule has 0 fully saturated rings. The zero-order valence-corrected chi connectivity index (χ0v) is 11.8. The number of sulfone groups is 1. The highest BCUT2D eigenvalue weighted by atomic mass is 32.2. The van der Waals surface area contributed by atoms with Crippen molar-refractivity contribution < 1.29 is 21.6 Å². The minimum absolute atomic E-state index is 0.0100. The van der Waals surface area contributed by atoms with Crippen molar-refractivity contribution in [3.63, 3.8) is 0 Å². The maximum Gasteiger partial charge on any atom is 0.418 e. The molecule has 0 aliphatic rings. The smallest absolute Gasteiger partial charge is 0.384 e. The largest absolute Gasteiger partial charge is 0.418 e. The first-order chi connectivity index (χ1) is 9.58. The van der Waals surface area contributed by atoms with E-state index in [0.717, 1.165) is 12.5 Å². The Kier molecular flexibility index (Phi) is 3.74. The first-order valence-corrected chi connectivity index (χ1v) is 7.90. The summed E-state index contributed by atoms with van der Waals surface area (Å²) in [5, 5.41) is 2.50. The third kappa shape index (κ3) is 3.57. The molecule has 116 valence electrons. The second-order valence-corrected chi connectivity index (χ2v) is 6.83. The van der Waals surface area contributed by atoms with E-state index < -0.39 is 21.6 Å². The van der Waals surface area contributed by atoms with Crippen LogP contribution in [0.3, 0.4) is 0 Å². The third-order valence-electron chi connectivity index (χ3n) is 2.76. The van der Waals surface area contributed by atoms with Crippen LogP contribution in [-0.2, 0) is 16.0 Å². The molecule has 0 radical (unpaired) electrons. The molecule has 4 N–H and O–H groups in total. The number of aromatic amines is 1. The lowest BCUT2D eigenvalue weighted by Crippen LogP contribution is -2.15. The van der Waals surface area contributed by atoms with Crippen molar-refractivity contribution in [2.75, 3.05) is 29.6 Å². The Morgan fingerprint density at radius 2 is 2.10 bits per heavy atom. The predicted molar refractivity (Wildman–Crippen MR) is 73.7 cm³/mol. The van der Waals surface area contributed by atoms with Gasteiger partial charge >= 0.3 is 6.18 Å². The molecule has 0 spiro atoms. The molecule has 0 aromatic carbocycles. The SMILES string of the molecule is CS(=O)(=O)CCNc1cc(N)nc2[nH]cc(C(F)(F)F)c12. The molecule has 6 nitrogen and oxygen atoms in total. The number of fused-ring (bicyclic) bond motifs is 1. The zero-order chi connectivity index (χ0) is 15.8. The molecular weight excluding hydrogens is 309 g/mol. The molecule has 10 heteroatoms. The number of aromatic nitrogens is 2. The minimum Gasteiger partial charge on any atom is -0.384 e. The average Bonchev–Trinajstić information content (AvgIpc) is 2.70. The Hall–Kier alpha value is -1.97. The summed E-state index contributed by atoms with van der Waals surface area (Å²) in [5.74, 6) is -0.178. The summed E-state index contributed by atoms with van der Waals surface area (Å²) >= 11 is 0. The van der Waals surface area contributed by atoms with Crippen LogP contribution in [0.15, 0.2) is 12.3 Å². The van der Waals surface area contributed by atoms with Crippen molar-refractivity contribution in [3.8, 4) is 0 Å². The summed E-state index contributed by atoms with van der Waals surface area (Å²) in [6, 6.07) is 1.24. The summed E-state index contributed by atoms with van der Waals surface area (Å²) in [6.45, 7) is -0.0279. The maximum absolute atomic E-state index is 12.9. The summed E-state index contributed by atoms with van der Waals surface area (Å²) in [6.07, 6.45) is -2.70. The Balaban J connectivity index is 2.43. The number of rotatable bonds is 4. The quantitative estimate of drug-likeness (QED) is 0.794. The number of alkyl halides is 3. The number of nitrogens with one attached hydrogen (secondary N) is 2. The number of nitrogens with zero attached hydrogens (tertiary/aromatic N) is 1. The van der Waals surface area contributed by atoms with Crippen molar-refractivity contribution >= 4 is 32.4 Å². The number of hydrogen-bond donors (Lipinski definition) is 3. The zero-order valence-electron chi connectivity index (χ0n) is 11.0. The van der Waals surface area contributed by atoms with Crippen LogP contribution in [0.4, 0.5) is 24.7 Å². The Morgan fingerprint density at radius 1 is 1.43 bits per heavy atom. The van der Waals surface area contributed by atoms with Gasteiger partial charge in [-0.3, -0.25) is 0 Å². The van der Waals surface area contributed by atoms with Gasteiger partial charge in [-0.15, -0.1) is 0 Å². The fourth-order valence-electron chi connectivity index (χ4n) is 1.89. The molecule has 2 heterocycles. The van der Waals surface area contributed by atoms with E-state index >= 15 is 0 Å². The Morgan fingerprint density at radius 3 is 2.67 bits per heavy atom. The normalized spacial score (nSPS) is 12.8. The average molecular weight is 322 g/mol. The van der Waals surface area contributed by atoms with Crippen molar-refractivity contribution in [2.24, 2.45) is 0 Å². The second kappa shape index (κ2) is 5.10. The number of nitrogens with two attached hydrogens (primary N) is 1. The van der Waals surface area contributed by atoms with Gasteiger partial charge in [0.25, 0.3) is 0 Å². The van der Waals surface area contributed by atoms with E-state index in [2.05, 4.69) is 15.3 Å². The van der Waals surface area contributed by atoms with Crippen molar-refractivity contribution in [2.45, 2.75) is 6.18 Å². The van der Waals surface area contributed by atoms with Crippen molar-refractivity contribution in [1.29, 1.82) is 0 Å². The summed E-state index contributed by atoms with van der Waals surface area (Å²) in [5.41, 5.74) is 4.73. The van der Waals surface area contributed by atoms with Gasteiger partial charge < -0.3 is 16.0 Å². The van der Waals surface area contributed by atoms with Crippen LogP contribution in [0, 0.1) is 0 Å². The van der Waals surface area contributed by atoms with Crippen molar-refractivity contribution in [1.82, 2.24) is 9.97 Å². The molecule has 0 bridgehead atoms. The Bertz CT molecular complexity index is 768. The van der Waals surface area contributed by atoms with E-state index in [0.29, 0.717) is 0 Å². The van der Waals surface area contributed by atoms with E-state index in [9.17, 15) is 21.6 Å². The first kappa shape index (κ1) is 15.4. The highest BCUT2D eigenvalue weighted by Crippen LogP contribution is 2.38. The molecule has 2 aromatic rings. The molecule has 0 atom stereocenters. The predicted octanol–water partition coefficient (Wildman–Crippen LogP) is 1.62. The molecule has 0 saturated heterocycles. The molecule has 2 rings (SSSR count). The number of halogens is 3. The van der Waals surface area contributed by atoms with Gasteiger partial charge in [0.2, 0.25) is 0 Å². The summed E-state index contributed by atoms with van der Waals surface area (Å²) < 4.78 is 61.0. The first-order valence-electron chi connectivity index (χ1n) is 5.84. The van der Waals surface area contributed by atoms with Crippen LogP contribution in [0.5, 0.6) is 0 Å². The molecule has 0 aliphatic carbocycles.